The zero-order valence-corrected chi connectivity index (χ0v) is 15.3. The van der Waals surface area contributed by atoms with Gasteiger partial charge in [0, 0.05) is 23.5 Å². The molecule has 4 heteroatoms. The number of hydrogen-bond acceptors (Lipinski definition) is 3. The first-order chi connectivity index (χ1) is 11.9. The number of hydrogen-bond donors (Lipinski definition) is 2. The fourth-order valence-electron chi connectivity index (χ4n) is 3.84. The van der Waals surface area contributed by atoms with E-state index in [4.69, 9.17) is 5.73 Å². The molecule has 1 aliphatic carbocycles. The van der Waals surface area contributed by atoms with E-state index in [1.165, 1.54) is 41.5 Å². The van der Waals surface area contributed by atoms with Crippen LogP contribution in [0.15, 0.2) is 36.7 Å². The second kappa shape index (κ2) is 5.67. The van der Waals surface area contributed by atoms with Gasteiger partial charge in [-0.15, -0.1) is 0 Å². The average molecular weight is 334 g/mol. The van der Waals surface area contributed by atoms with Crippen LogP contribution in [-0.2, 0) is 10.8 Å². The van der Waals surface area contributed by atoms with E-state index in [1.54, 1.807) is 0 Å². The fraction of sp³-hybridized carbons (Fsp3) is 0.429. The first-order valence-corrected chi connectivity index (χ1v) is 9.08. The summed E-state index contributed by atoms with van der Waals surface area (Å²) in [5.41, 5.74) is 12.4. The van der Waals surface area contributed by atoms with Crippen LogP contribution in [0.25, 0.3) is 22.2 Å². The van der Waals surface area contributed by atoms with E-state index in [0.29, 0.717) is 0 Å². The van der Waals surface area contributed by atoms with Gasteiger partial charge in [0.15, 0.2) is 5.65 Å². The lowest BCUT2D eigenvalue weighted by atomic mass is 9.63. The Morgan fingerprint density at radius 3 is 2.64 bits per heavy atom. The number of aromatic nitrogens is 3. The van der Waals surface area contributed by atoms with Crippen molar-refractivity contribution in [2.45, 2.75) is 50.9 Å². The van der Waals surface area contributed by atoms with Crippen molar-refractivity contribution < 1.29 is 0 Å². The van der Waals surface area contributed by atoms with Crippen LogP contribution in [0.3, 0.4) is 0 Å². The predicted molar refractivity (Wildman–Crippen MR) is 103 cm³/mol. The minimum Gasteiger partial charge on any atom is -0.330 e. The van der Waals surface area contributed by atoms with Crippen molar-refractivity contribution in [1.29, 1.82) is 0 Å². The standard InChI is InChI=1S/C21H26N4/c1-20(2,3)15-9-14(10-16(11-15)21(13-22)6-4-7-21)17-5-8-23-19-18(17)12-24-25-19/h5,8-12H,4,6-7,13,22H2,1-3H3,(H,23,24,25). The van der Waals surface area contributed by atoms with Crippen LogP contribution in [0.4, 0.5) is 0 Å². The Bertz CT molecular complexity index is 908. The molecule has 130 valence electrons. The summed E-state index contributed by atoms with van der Waals surface area (Å²) >= 11 is 0. The normalized spacial score (nSPS) is 16.8. The van der Waals surface area contributed by atoms with Crippen LogP contribution in [0.2, 0.25) is 0 Å². The molecule has 0 radical (unpaired) electrons. The molecule has 0 saturated heterocycles. The molecule has 4 nitrogen and oxygen atoms in total. The third-order valence-electron chi connectivity index (χ3n) is 5.78. The largest absolute Gasteiger partial charge is 0.330 e. The van der Waals surface area contributed by atoms with Gasteiger partial charge in [0.1, 0.15) is 0 Å². The van der Waals surface area contributed by atoms with Crippen molar-refractivity contribution in [3.63, 3.8) is 0 Å². The molecule has 0 spiro atoms. The van der Waals surface area contributed by atoms with Crippen molar-refractivity contribution >= 4 is 11.0 Å². The van der Waals surface area contributed by atoms with Crippen LogP contribution in [0.1, 0.15) is 51.2 Å². The van der Waals surface area contributed by atoms with Crippen molar-refractivity contribution in [3.05, 3.63) is 47.8 Å². The molecule has 2 aromatic heterocycles. The van der Waals surface area contributed by atoms with Crippen LogP contribution >= 0.6 is 0 Å². The molecule has 25 heavy (non-hydrogen) atoms. The van der Waals surface area contributed by atoms with Gasteiger partial charge >= 0.3 is 0 Å². The maximum atomic E-state index is 6.20. The number of rotatable bonds is 3. The average Bonchev–Trinajstić information content (AvgIpc) is 3.02. The minimum absolute atomic E-state index is 0.0901. The van der Waals surface area contributed by atoms with E-state index in [-0.39, 0.29) is 10.8 Å². The summed E-state index contributed by atoms with van der Waals surface area (Å²) in [6.07, 6.45) is 7.36. The minimum atomic E-state index is 0.0901. The third kappa shape index (κ3) is 2.65. The quantitative estimate of drug-likeness (QED) is 0.750. The highest BCUT2D eigenvalue weighted by atomic mass is 15.1. The molecule has 0 atom stereocenters. The zero-order chi connectivity index (χ0) is 17.7. The van der Waals surface area contributed by atoms with Crippen LogP contribution in [-0.4, -0.2) is 21.7 Å². The highest BCUT2D eigenvalue weighted by Gasteiger charge is 2.38. The van der Waals surface area contributed by atoms with Crippen LogP contribution < -0.4 is 5.73 Å². The van der Waals surface area contributed by atoms with Crippen molar-refractivity contribution in [3.8, 4) is 11.1 Å². The number of nitrogens with two attached hydrogens (primary N) is 1. The molecular weight excluding hydrogens is 308 g/mol. The van der Waals surface area contributed by atoms with E-state index in [2.05, 4.69) is 60.2 Å². The number of fused-ring (bicyclic) bond motifs is 1. The Labute approximate surface area is 148 Å². The van der Waals surface area contributed by atoms with Crippen molar-refractivity contribution in [2.24, 2.45) is 5.73 Å². The fourth-order valence-corrected chi connectivity index (χ4v) is 3.84. The summed E-state index contributed by atoms with van der Waals surface area (Å²) < 4.78 is 0. The lowest BCUT2D eigenvalue weighted by Gasteiger charge is -2.42. The number of nitrogens with zero attached hydrogens (tertiary/aromatic N) is 2. The molecule has 3 aromatic rings. The molecule has 1 aliphatic rings. The van der Waals surface area contributed by atoms with E-state index in [0.717, 1.165) is 17.6 Å². The Morgan fingerprint density at radius 2 is 2.00 bits per heavy atom. The molecule has 3 N–H and O–H groups in total. The summed E-state index contributed by atoms with van der Waals surface area (Å²) in [6, 6.07) is 9.11. The van der Waals surface area contributed by atoms with E-state index >= 15 is 0 Å². The Hall–Kier alpha value is -2.20. The first kappa shape index (κ1) is 16.3. The number of aromatic amines is 1. The molecule has 0 unspecified atom stereocenters. The van der Waals surface area contributed by atoms with E-state index in [9.17, 15) is 0 Å². The SMILES string of the molecule is CC(C)(C)c1cc(-c2ccnc3[nH]ncc23)cc(C2(CN)CCC2)c1. The lowest BCUT2D eigenvalue weighted by molar-refractivity contribution is 0.253. The van der Waals surface area contributed by atoms with Gasteiger partial charge in [-0.2, -0.15) is 5.10 Å². The first-order valence-electron chi connectivity index (χ1n) is 9.08. The van der Waals surface area contributed by atoms with Gasteiger partial charge in [0.05, 0.1) is 6.20 Å². The molecular formula is C21H26N4. The number of nitrogens with one attached hydrogen (secondary N) is 1. The molecule has 1 aromatic carbocycles. The summed E-state index contributed by atoms with van der Waals surface area (Å²) in [6.45, 7) is 7.53. The second-order valence-corrected chi connectivity index (χ2v) is 8.38. The zero-order valence-electron chi connectivity index (χ0n) is 15.3. The van der Waals surface area contributed by atoms with E-state index < -0.39 is 0 Å². The van der Waals surface area contributed by atoms with Gasteiger partial charge in [0.25, 0.3) is 0 Å². The number of pyridine rings is 1. The Kier molecular flexibility index (Phi) is 3.69. The van der Waals surface area contributed by atoms with Crippen molar-refractivity contribution in [2.75, 3.05) is 6.54 Å². The summed E-state index contributed by atoms with van der Waals surface area (Å²) in [5.74, 6) is 0. The molecule has 2 heterocycles. The number of benzene rings is 1. The second-order valence-electron chi connectivity index (χ2n) is 8.38. The maximum absolute atomic E-state index is 6.20. The third-order valence-corrected chi connectivity index (χ3v) is 5.78. The van der Waals surface area contributed by atoms with Crippen molar-refractivity contribution in [1.82, 2.24) is 15.2 Å². The summed E-state index contributed by atoms with van der Waals surface area (Å²) in [4.78, 5) is 4.38. The van der Waals surface area contributed by atoms with Crippen LogP contribution in [0.5, 0.6) is 0 Å². The number of H-pyrrole nitrogens is 1. The highest BCUT2D eigenvalue weighted by molar-refractivity contribution is 5.92. The molecule has 1 saturated carbocycles. The van der Waals surface area contributed by atoms with Gasteiger partial charge < -0.3 is 5.73 Å². The Balaban J connectivity index is 1.94. The molecule has 0 aliphatic heterocycles. The summed E-state index contributed by atoms with van der Waals surface area (Å²) in [7, 11) is 0. The smallest absolute Gasteiger partial charge is 0.155 e. The predicted octanol–water partition coefficient (Wildman–Crippen LogP) is 4.30. The molecule has 4 rings (SSSR count). The Morgan fingerprint density at radius 1 is 1.20 bits per heavy atom. The van der Waals surface area contributed by atoms with Gasteiger partial charge in [0.2, 0.25) is 0 Å². The highest BCUT2D eigenvalue weighted by Crippen LogP contribution is 2.45. The van der Waals surface area contributed by atoms with Gasteiger partial charge in [-0.1, -0.05) is 45.4 Å². The van der Waals surface area contributed by atoms with E-state index in [1.807, 2.05) is 12.4 Å². The maximum Gasteiger partial charge on any atom is 0.155 e. The van der Waals surface area contributed by atoms with Crippen LogP contribution in [0, 0.1) is 0 Å². The van der Waals surface area contributed by atoms with Gasteiger partial charge in [-0.25, -0.2) is 4.98 Å². The lowest BCUT2D eigenvalue weighted by Crippen LogP contribution is -2.41. The topological polar surface area (TPSA) is 67.6 Å². The summed E-state index contributed by atoms with van der Waals surface area (Å²) in [5, 5.41) is 8.20. The molecule has 0 bridgehead atoms. The van der Waals surface area contributed by atoms with Gasteiger partial charge in [-0.3, -0.25) is 5.10 Å². The molecule has 0 amide bonds. The van der Waals surface area contributed by atoms with Gasteiger partial charge in [-0.05, 0) is 46.6 Å². The molecule has 1 fully saturated rings. The monoisotopic (exact) mass is 334 g/mol.